The Labute approximate surface area is 71.4 Å². The van der Waals surface area contributed by atoms with Gasteiger partial charge in [0.2, 0.25) is 0 Å². The number of rotatable bonds is 4. The molecule has 0 aliphatic carbocycles. The Kier molecular flexibility index (Phi) is 4.09. The molecule has 0 aromatic heterocycles. The van der Waals surface area contributed by atoms with Crippen molar-refractivity contribution in [3.8, 4) is 0 Å². The van der Waals surface area contributed by atoms with E-state index in [-0.39, 0.29) is 0 Å². The van der Waals surface area contributed by atoms with Crippen LogP contribution in [0, 0.1) is 11.3 Å². The van der Waals surface area contributed by atoms with Gasteiger partial charge in [-0.2, -0.15) is 0 Å². The predicted molar refractivity (Wildman–Crippen MR) is 51.5 cm³/mol. The quantitative estimate of drug-likeness (QED) is 0.667. The van der Waals surface area contributed by atoms with E-state index in [2.05, 4.69) is 34.6 Å². The van der Waals surface area contributed by atoms with Crippen LogP contribution in [-0.4, -0.2) is 6.04 Å². The molecule has 0 aliphatic rings. The molecule has 1 nitrogen and oxygen atoms in total. The van der Waals surface area contributed by atoms with E-state index in [1.54, 1.807) is 0 Å². The molecule has 0 aromatic rings. The summed E-state index contributed by atoms with van der Waals surface area (Å²) in [5, 5.41) is 0. The van der Waals surface area contributed by atoms with Gasteiger partial charge in [0.05, 0.1) is 0 Å². The van der Waals surface area contributed by atoms with E-state index in [4.69, 9.17) is 5.73 Å². The summed E-state index contributed by atoms with van der Waals surface area (Å²) in [6.45, 7) is 11.2. The van der Waals surface area contributed by atoms with E-state index in [1.807, 2.05) is 0 Å². The van der Waals surface area contributed by atoms with Crippen LogP contribution in [0.1, 0.15) is 47.5 Å². The molecule has 1 atom stereocenters. The Morgan fingerprint density at radius 2 is 1.73 bits per heavy atom. The molecule has 0 aromatic carbocycles. The molecule has 0 heterocycles. The Morgan fingerprint density at radius 1 is 1.27 bits per heavy atom. The van der Waals surface area contributed by atoms with Crippen molar-refractivity contribution >= 4 is 0 Å². The lowest BCUT2D eigenvalue weighted by molar-refractivity contribution is 0.244. The van der Waals surface area contributed by atoms with Crippen molar-refractivity contribution in [2.75, 3.05) is 0 Å². The van der Waals surface area contributed by atoms with Gasteiger partial charge in [-0.15, -0.1) is 0 Å². The van der Waals surface area contributed by atoms with Crippen LogP contribution in [0.4, 0.5) is 0 Å². The largest absolute Gasteiger partial charge is 0.327 e. The Morgan fingerprint density at radius 3 is 2.00 bits per heavy atom. The second-order valence-electron chi connectivity index (χ2n) is 4.58. The summed E-state index contributed by atoms with van der Waals surface area (Å²) in [6.07, 6.45) is 2.31. The first-order chi connectivity index (χ1) is 4.90. The molecule has 0 saturated carbocycles. The summed E-state index contributed by atoms with van der Waals surface area (Å²) >= 11 is 0. The van der Waals surface area contributed by atoms with Crippen molar-refractivity contribution in [3.63, 3.8) is 0 Å². The molecule has 1 heteroatoms. The van der Waals surface area contributed by atoms with Gasteiger partial charge in [0.15, 0.2) is 0 Å². The highest BCUT2D eigenvalue weighted by molar-refractivity contribution is 4.80. The fraction of sp³-hybridized carbons (Fsp3) is 1.00. The number of hydrogen-bond acceptors (Lipinski definition) is 1. The lowest BCUT2D eigenvalue weighted by atomic mass is 9.79. The average Bonchev–Trinajstić information content (AvgIpc) is 1.86. The molecule has 0 aliphatic heterocycles. The van der Waals surface area contributed by atoms with E-state index in [1.165, 1.54) is 6.42 Å². The van der Waals surface area contributed by atoms with E-state index in [0.717, 1.165) is 12.3 Å². The zero-order valence-electron chi connectivity index (χ0n) is 8.65. The van der Waals surface area contributed by atoms with Gasteiger partial charge in [-0.1, -0.05) is 34.6 Å². The van der Waals surface area contributed by atoms with Crippen molar-refractivity contribution in [3.05, 3.63) is 0 Å². The van der Waals surface area contributed by atoms with E-state index < -0.39 is 0 Å². The van der Waals surface area contributed by atoms with Crippen LogP contribution in [0.2, 0.25) is 0 Å². The zero-order valence-corrected chi connectivity index (χ0v) is 8.65. The van der Waals surface area contributed by atoms with E-state index in [9.17, 15) is 0 Å². The third-order valence-electron chi connectivity index (χ3n) is 2.64. The molecule has 0 spiro atoms. The maximum atomic E-state index is 6.06. The van der Waals surface area contributed by atoms with Gasteiger partial charge in [0.25, 0.3) is 0 Å². The second kappa shape index (κ2) is 4.10. The minimum absolute atomic E-state index is 0.310. The monoisotopic (exact) mass is 157 g/mol. The van der Waals surface area contributed by atoms with E-state index in [0.29, 0.717) is 11.5 Å². The lowest BCUT2D eigenvalue weighted by Gasteiger charge is -2.31. The van der Waals surface area contributed by atoms with Gasteiger partial charge < -0.3 is 5.73 Å². The first kappa shape index (κ1) is 11.0. The Balaban J connectivity index is 3.90. The Bertz CT molecular complexity index is 105. The normalized spacial score (nSPS) is 15.5. The zero-order chi connectivity index (χ0) is 9.07. The van der Waals surface area contributed by atoms with Crippen molar-refractivity contribution < 1.29 is 0 Å². The SMILES string of the molecule is CCC(C)(C)C(N)CC(C)C. The van der Waals surface area contributed by atoms with Crippen molar-refractivity contribution in [2.24, 2.45) is 17.1 Å². The van der Waals surface area contributed by atoms with Crippen LogP contribution in [0.15, 0.2) is 0 Å². The van der Waals surface area contributed by atoms with Gasteiger partial charge in [0, 0.05) is 6.04 Å². The highest BCUT2D eigenvalue weighted by Gasteiger charge is 2.24. The third kappa shape index (κ3) is 3.76. The molecule has 11 heavy (non-hydrogen) atoms. The van der Waals surface area contributed by atoms with Gasteiger partial charge in [-0.25, -0.2) is 0 Å². The maximum Gasteiger partial charge on any atom is 0.00926 e. The third-order valence-corrected chi connectivity index (χ3v) is 2.64. The molecular formula is C10H23N. The van der Waals surface area contributed by atoms with Crippen LogP contribution in [0.25, 0.3) is 0 Å². The second-order valence-corrected chi connectivity index (χ2v) is 4.58. The standard InChI is InChI=1S/C10H23N/c1-6-10(4,5)9(11)7-8(2)3/h8-9H,6-7,11H2,1-5H3. The fourth-order valence-electron chi connectivity index (χ4n) is 1.09. The summed E-state index contributed by atoms with van der Waals surface area (Å²) in [6, 6.07) is 0.354. The van der Waals surface area contributed by atoms with Crippen molar-refractivity contribution in [1.29, 1.82) is 0 Å². The summed E-state index contributed by atoms with van der Waals surface area (Å²) < 4.78 is 0. The first-order valence-electron chi connectivity index (χ1n) is 4.65. The summed E-state index contributed by atoms with van der Waals surface area (Å²) in [4.78, 5) is 0. The van der Waals surface area contributed by atoms with Crippen LogP contribution in [-0.2, 0) is 0 Å². The van der Waals surface area contributed by atoms with Crippen molar-refractivity contribution in [2.45, 2.75) is 53.5 Å². The average molecular weight is 157 g/mol. The molecule has 2 N–H and O–H groups in total. The lowest BCUT2D eigenvalue weighted by Crippen LogP contribution is -2.37. The topological polar surface area (TPSA) is 26.0 Å². The molecule has 0 radical (unpaired) electrons. The predicted octanol–water partition coefficient (Wildman–Crippen LogP) is 2.80. The van der Waals surface area contributed by atoms with Crippen LogP contribution >= 0.6 is 0 Å². The first-order valence-corrected chi connectivity index (χ1v) is 4.65. The molecular weight excluding hydrogens is 134 g/mol. The number of hydrogen-bond donors (Lipinski definition) is 1. The summed E-state index contributed by atoms with van der Waals surface area (Å²) in [5.41, 5.74) is 6.37. The highest BCUT2D eigenvalue weighted by Crippen LogP contribution is 2.26. The molecule has 0 rings (SSSR count). The smallest absolute Gasteiger partial charge is 0.00926 e. The molecule has 0 bridgehead atoms. The van der Waals surface area contributed by atoms with Crippen molar-refractivity contribution in [1.82, 2.24) is 0 Å². The van der Waals surface area contributed by atoms with Crippen LogP contribution in [0.3, 0.4) is 0 Å². The number of nitrogens with two attached hydrogens (primary N) is 1. The summed E-state index contributed by atoms with van der Waals surface area (Å²) in [7, 11) is 0. The highest BCUT2D eigenvalue weighted by atomic mass is 14.7. The Hall–Kier alpha value is -0.0400. The molecule has 0 amide bonds. The molecule has 68 valence electrons. The maximum absolute atomic E-state index is 6.06. The minimum Gasteiger partial charge on any atom is -0.327 e. The fourth-order valence-corrected chi connectivity index (χ4v) is 1.09. The molecule has 0 fully saturated rings. The van der Waals surface area contributed by atoms with Crippen LogP contribution in [0.5, 0.6) is 0 Å². The van der Waals surface area contributed by atoms with Gasteiger partial charge in [-0.05, 0) is 24.2 Å². The molecule has 1 unspecified atom stereocenters. The van der Waals surface area contributed by atoms with E-state index >= 15 is 0 Å². The summed E-state index contributed by atoms with van der Waals surface area (Å²) in [5.74, 6) is 0.718. The molecule has 0 saturated heterocycles. The van der Waals surface area contributed by atoms with Crippen LogP contribution < -0.4 is 5.73 Å². The van der Waals surface area contributed by atoms with Gasteiger partial charge >= 0.3 is 0 Å². The van der Waals surface area contributed by atoms with Gasteiger partial charge in [-0.3, -0.25) is 0 Å². The van der Waals surface area contributed by atoms with Gasteiger partial charge in [0.1, 0.15) is 0 Å². The minimum atomic E-state index is 0.310.